The molecule has 0 amide bonds. The zero-order chi connectivity index (χ0) is 10.2. The zero-order valence-electron chi connectivity index (χ0n) is 9.33. The summed E-state index contributed by atoms with van der Waals surface area (Å²) in [4.78, 5) is 0. The molecule has 0 N–H and O–H groups in total. The summed E-state index contributed by atoms with van der Waals surface area (Å²) in [5, 5.41) is 0. The Balaban J connectivity index is 2.14. The van der Waals surface area contributed by atoms with Gasteiger partial charge in [-0.15, -0.1) is 0 Å². The lowest BCUT2D eigenvalue weighted by Gasteiger charge is -2.18. The van der Waals surface area contributed by atoms with Gasteiger partial charge in [-0.25, -0.2) is 0 Å². The molecule has 0 radical (unpaired) electrons. The first-order valence-corrected chi connectivity index (χ1v) is 5.69. The van der Waals surface area contributed by atoms with Crippen LogP contribution in [0.5, 0.6) is 0 Å². The molecule has 0 spiro atoms. The van der Waals surface area contributed by atoms with Gasteiger partial charge in [0.2, 0.25) is 0 Å². The molecule has 2 atom stereocenters. The van der Waals surface area contributed by atoms with Crippen molar-refractivity contribution in [3.05, 3.63) is 0 Å². The molecule has 2 unspecified atom stereocenters. The van der Waals surface area contributed by atoms with Crippen LogP contribution < -0.4 is 0 Å². The van der Waals surface area contributed by atoms with E-state index in [4.69, 9.17) is 14.2 Å². The average molecular weight is 202 g/mol. The predicted octanol–water partition coefficient (Wildman–Crippen LogP) is 2.00. The lowest BCUT2D eigenvalue weighted by molar-refractivity contribution is -0.0508. The van der Waals surface area contributed by atoms with Gasteiger partial charge in [0.1, 0.15) is 6.10 Å². The molecule has 0 saturated carbocycles. The van der Waals surface area contributed by atoms with E-state index in [0.29, 0.717) is 6.61 Å². The molecule has 84 valence electrons. The van der Waals surface area contributed by atoms with Crippen LogP contribution >= 0.6 is 0 Å². The molecule has 1 saturated heterocycles. The summed E-state index contributed by atoms with van der Waals surface area (Å²) >= 11 is 0. The van der Waals surface area contributed by atoms with Gasteiger partial charge in [-0.1, -0.05) is 13.8 Å². The van der Waals surface area contributed by atoms with Crippen LogP contribution in [0.25, 0.3) is 0 Å². The van der Waals surface area contributed by atoms with Crippen molar-refractivity contribution in [1.82, 2.24) is 0 Å². The summed E-state index contributed by atoms with van der Waals surface area (Å²) in [5.41, 5.74) is 0. The number of hydrogen-bond donors (Lipinski definition) is 0. The van der Waals surface area contributed by atoms with Gasteiger partial charge in [-0.2, -0.15) is 0 Å². The van der Waals surface area contributed by atoms with Crippen molar-refractivity contribution in [2.24, 2.45) is 0 Å². The van der Waals surface area contributed by atoms with Crippen molar-refractivity contribution in [1.29, 1.82) is 0 Å². The maximum Gasteiger partial charge on any atom is 0.107 e. The van der Waals surface area contributed by atoms with E-state index in [1.165, 1.54) is 0 Å². The fourth-order valence-electron chi connectivity index (χ4n) is 1.59. The minimum atomic E-state index is 0.160. The molecule has 0 aliphatic carbocycles. The Morgan fingerprint density at radius 3 is 2.71 bits per heavy atom. The Morgan fingerprint density at radius 2 is 2.00 bits per heavy atom. The maximum absolute atomic E-state index is 5.69. The van der Waals surface area contributed by atoms with E-state index in [1.807, 2.05) is 0 Å². The van der Waals surface area contributed by atoms with Crippen LogP contribution in [0.3, 0.4) is 0 Å². The number of hydrogen-bond acceptors (Lipinski definition) is 3. The van der Waals surface area contributed by atoms with Crippen molar-refractivity contribution < 1.29 is 14.2 Å². The van der Waals surface area contributed by atoms with Gasteiger partial charge in [0, 0.05) is 19.8 Å². The highest BCUT2D eigenvalue weighted by atomic mass is 16.6. The molecule has 0 aromatic carbocycles. The van der Waals surface area contributed by atoms with Crippen molar-refractivity contribution >= 4 is 0 Å². The zero-order valence-corrected chi connectivity index (χ0v) is 9.33. The highest BCUT2D eigenvalue weighted by molar-refractivity contribution is 4.76. The second-order valence-corrected chi connectivity index (χ2v) is 3.68. The van der Waals surface area contributed by atoms with Gasteiger partial charge in [0.15, 0.2) is 0 Å². The number of ether oxygens (including phenoxy) is 3. The lowest BCUT2D eigenvalue weighted by atomic mass is 10.2. The van der Waals surface area contributed by atoms with Crippen LogP contribution in [0.2, 0.25) is 0 Å². The quantitative estimate of drug-likeness (QED) is 0.591. The molecule has 1 aliphatic rings. The summed E-state index contributed by atoms with van der Waals surface area (Å²) < 4.78 is 16.7. The highest BCUT2D eigenvalue weighted by Crippen LogP contribution is 2.17. The van der Waals surface area contributed by atoms with E-state index in [-0.39, 0.29) is 12.2 Å². The molecular weight excluding hydrogens is 180 g/mol. The normalized spacial score (nSPS) is 27.0. The van der Waals surface area contributed by atoms with E-state index in [1.54, 1.807) is 0 Å². The van der Waals surface area contributed by atoms with Gasteiger partial charge < -0.3 is 14.2 Å². The minimum Gasteiger partial charge on any atom is -0.379 e. The van der Waals surface area contributed by atoms with Crippen molar-refractivity contribution in [3.8, 4) is 0 Å². The van der Waals surface area contributed by atoms with E-state index < -0.39 is 0 Å². The SMILES string of the molecule is CCCOCC1OCCC1OCCC. The van der Waals surface area contributed by atoms with Gasteiger partial charge in [-0.05, 0) is 19.3 Å². The molecular formula is C11H22O3. The second kappa shape index (κ2) is 7.21. The van der Waals surface area contributed by atoms with Gasteiger partial charge in [0.25, 0.3) is 0 Å². The van der Waals surface area contributed by atoms with E-state index in [9.17, 15) is 0 Å². The van der Waals surface area contributed by atoms with Gasteiger partial charge >= 0.3 is 0 Å². The molecule has 1 aliphatic heterocycles. The Labute approximate surface area is 86.7 Å². The van der Waals surface area contributed by atoms with Crippen LogP contribution in [-0.4, -0.2) is 38.6 Å². The first-order valence-electron chi connectivity index (χ1n) is 5.69. The van der Waals surface area contributed by atoms with Crippen LogP contribution in [0, 0.1) is 0 Å². The molecule has 3 nitrogen and oxygen atoms in total. The van der Waals surface area contributed by atoms with Crippen molar-refractivity contribution in [2.75, 3.05) is 26.4 Å². The summed E-state index contributed by atoms with van der Waals surface area (Å²) in [5.74, 6) is 0. The first-order chi connectivity index (χ1) is 6.88. The summed E-state index contributed by atoms with van der Waals surface area (Å²) in [7, 11) is 0. The highest BCUT2D eigenvalue weighted by Gasteiger charge is 2.28. The third kappa shape index (κ3) is 3.95. The van der Waals surface area contributed by atoms with E-state index in [2.05, 4.69) is 13.8 Å². The average Bonchev–Trinajstić information content (AvgIpc) is 2.63. The molecule has 0 aromatic rings. The Kier molecular flexibility index (Phi) is 6.15. The molecule has 1 fully saturated rings. The maximum atomic E-state index is 5.69. The molecule has 0 bridgehead atoms. The van der Waals surface area contributed by atoms with Crippen LogP contribution in [0.15, 0.2) is 0 Å². The largest absolute Gasteiger partial charge is 0.379 e. The molecule has 3 heteroatoms. The fraction of sp³-hybridized carbons (Fsp3) is 1.00. The molecule has 1 rings (SSSR count). The molecule has 14 heavy (non-hydrogen) atoms. The fourth-order valence-corrected chi connectivity index (χ4v) is 1.59. The smallest absolute Gasteiger partial charge is 0.107 e. The second-order valence-electron chi connectivity index (χ2n) is 3.68. The summed E-state index contributed by atoms with van der Waals surface area (Å²) in [6, 6.07) is 0. The number of rotatable bonds is 7. The van der Waals surface area contributed by atoms with Crippen molar-refractivity contribution in [3.63, 3.8) is 0 Å². The minimum absolute atomic E-state index is 0.160. The Bertz CT molecular complexity index is 138. The van der Waals surface area contributed by atoms with Crippen LogP contribution in [0.1, 0.15) is 33.1 Å². The topological polar surface area (TPSA) is 27.7 Å². The summed E-state index contributed by atoms with van der Waals surface area (Å²) in [6.45, 7) is 7.38. The van der Waals surface area contributed by atoms with E-state index in [0.717, 1.165) is 39.1 Å². The summed E-state index contributed by atoms with van der Waals surface area (Å²) in [6.07, 6.45) is 3.56. The third-order valence-electron chi connectivity index (χ3n) is 2.32. The van der Waals surface area contributed by atoms with Crippen molar-refractivity contribution in [2.45, 2.75) is 45.3 Å². The van der Waals surface area contributed by atoms with Gasteiger partial charge in [-0.3, -0.25) is 0 Å². The Morgan fingerprint density at radius 1 is 1.21 bits per heavy atom. The molecule has 1 heterocycles. The van der Waals surface area contributed by atoms with Crippen LogP contribution in [-0.2, 0) is 14.2 Å². The third-order valence-corrected chi connectivity index (χ3v) is 2.32. The standard InChI is InChI=1S/C11H22O3/c1-3-6-12-9-11-10(5-8-14-11)13-7-4-2/h10-11H,3-9H2,1-2H3. The van der Waals surface area contributed by atoms with E-state index >= 15 is 0 Å². The van der Waals surface area contributed by atoms with Crippen LogP contribution in [0.4, 0.5) is 0 Å². The first kappa shape index (κ1) is 12.0. The monoisotopic (exact) mass is 202 g/mol. The predicted molar refractivity (Wildman–Crippen MR) is 55.5 cm³/mol. The van der Waals surface area contributed by atoms with Gasteiger partial charge in [0.05, 0.1) is 12.7 Å². The molecule has 0 aromatic heterocycles. The lowest BCUT2D eigenvalue weighted by Crippen LogP contribution is -2.29. The Hall–Kier alpha value is -0.120.